The van der Waals surface area contributed by atoms with Crippen molar-refractivity contribution >= 4 is 17.3 Å². The molecule has 0 fully saturated rings. The van der Waals surface area contributed by atoms with E-state index in [2.05, 4.69) is 0 Å². The Morgan fingerprint density at radius 3 is 2.64 bits per heavy atom. The number of nitrogen functional groups attached to an aromatic ring is 1. The Balaban J connectivity index is 3.25. The third-order valence-corrected chi connectivity index (χ3v) is 1.76. The highest BCUT2D eigenvalue weighted by Gasteiger charge is 2.06. The predicted molar refractivity (Wildman–Crippen MR) is 43.7 cm³/mol. The molecule has 11 heavy (non-hydrogen) atoms. The maximum Gasteiger partial charge on any atom is 0.152 e. The molecule has 0 saturated heterocycles. The second-order valence-corrected chi connectivity index (χ2v) is 2.55. The van der Waals surface area contributed by atoms with Crippen molar-refractivity contribution in [3.05, 3.63) is 28.5 Å². The number of rotatable bonds is 1. The van der Waals surface area contributed by atoms with Gasteiger partial charge in [0.05, 0.1) is 10.7 Å². The molecule has 1 aromatic carbocycles. The average molecular weight is 175 g/mol. The summed E-state index contributed by atoms with van der Waals surface area (Å²) in [7, 11) is 0. The lowest BCUT2D eigenvalue weighted by molar-refractivity contribution is 0.615. The van der Waals surface area contributed by atoms with Crippen LogP contribution in [-0.4, -0.2) is 0 Å². The normalized spacial score (nSPS) is 10.1. The van der Waals surface area contributed by atoms with Gasteiger partial charge in [-0.1, -0.05) is 17.7 Å². The van der Waals surface area contributed by atoms with Crippen LogP contribution in [0.4, 0.5) is 10.1 Å². The molecule has 0 atom stereocenters. The van der Waals surface area contributed by atoms with Gasteiger partial charge in [0.25, 0.3) is 0 Å². The van der Waals surface area contributed by atoms with Crippen LogP contribution in [0.15, 0.2) is 12.1 Å². The monoisotopic (exact) mass is 174 g/mol. The highest BCUT2D eigenvalue weighted by atomic mass is 35.5. The van der Waals surface area contributed by atoms with Crippen LogP contribution >= 0.6 is 11.6 Å². The Hall–Kier alpha value is -0.800. The van der Waals surface area contributed by atoms with Gasteiger partial charge >= 0.3 is 0 Å². The molecule has 0 heterocycles. The summed E-state index contributed by atoms with van der Waals surface area (Å²) in [6.45, 7) is 0.132. The van der Waals surface area contributed by atoms with Crippen LogP contribution in [0, 0.1) is 5.82 Å². The van der Waals surface area contributed by atoms with Gasteiger partial charge in [0.15, 0.2) is 5.82 Å². The van der Waals surface area contributed by atoms with Crippen molar-refractivity contribution in [2.45, 2.75) is 6.54 Å². The van der Waals surface area contributed by atoms with Crippen molar-refractivity contribution in [3.8, 4) is 0 Å². The van der Waals surface area contributed by atoms with Crippen molar-refractivity contribution in [3.63, 3.8) is 0 Å². The molecule has 4 heteroatoms. The fourth-order valence-corrected chi connectivity index (χ4v) is 0.918. The first-order valence-electron chi connectivity index (χ1n) is 3.09. The van der Waals surface area contributed by atoms with E-state index < -0.39 is 5.82 Å². The second kappa shape index (κ2) is 3.07. The first kappa shape index (κ1) is 8.30. The van der Waals surface area contributed by atoms with Crippen molar-refractivity contribution in [2.24, 2.45) is 5.73 Å². The van der Waals surface area contributed by atoms with E-state index in [0.717, 1.165) is 0 Å². The van der Waals surface area contributed by atoms with Gasteiger partial charge in [-0.25, -0.2) is 4.39 Å². The quantitative estimate of drug-likeness (QED) is 0.635. The zero-order valence-corrected chi connectivity index (χ0v) is 6.53. The number of halogens is 2. The van der Waals surface area contributed by atoms with E-state index in [-0.39, 0.29) is 17.3 Å². The van der Waals surface area contributed by atoms with E-state index in [1.54, 1.807) is 0 Å². The van der Waals surface area contributed by atoms with Gasteiger partial charge in [-0.05, 0) is 6.07 Å². The molecule has 0 bridgehead atoms. The van der Waals surface area contributed by atoms with E-state index in [1.807, 2.05) is 0 Å². The average Bonchev–Trinajstić information content (AvgIpc) is 2.01. The maximum absolute atomic E-state index is 13.0. The number of benzene rings is 1. The van der Waals surface area contributed by atoms with E-state index >= 15 is 0 Å². The summed E-state index contributed by atoms with van der Waals surface area (Å²) in [5, 5.41) is 0.222. The van der Waals surface area contributed by atoms with E-state index in [9.17, 15) is 4.39 Å². The van der Waals surface area contributed by atoms with Gasteiger partial charge in [-0.3, -0.25) is 0 Å². The number of hydrogen-bond donors (Lipinski definition) is 2. The zero-order valence-electron chi connectivity index (χ0n) is 5.77. The summed E-state index contributed by atoms with van der Waals surface area (Å²) < 4.78 is 13.0. The second-order valence-electron chi connectivity index (χ2n) is 2.14. The van der Waals surface area contributed by atoms with E-state index in [0.29, 0.717) is 5.56 Å². The fraction of sp³-hybridized carbons (Fsp3) is 0.143. The first-order chi connectivity index (χ1) is 5.16. The van der Waals surface area contributed by atoms with Crippen LogP contribution in [0.1, 0.15) is 5.56 Å². The summed E-state index contributed by atoms with van der Waals surface area (Å²) in [6.07, 6.45) is 0. The van der Waals surface area contributed by atoms with Crippen LogP contribution in [-0.2, 0) is 6.54 Å². The molecule has 1 aromatic rings. The Morgan fingerprint density at radius 2 is 2.09 bits per heavy atom. The number of anilines is 1. The molecule has 0 saturated carbocycles. The molecule has 0 aliphatic carbocycles. The lowest BCUT2D eigenvalue weighted by atomic mass is 10.2. The summed E-state index contributed by atoms with van der Waals surface area (Å²) >= 11 is 5.54. The topological polar surface area (TPSA) is 52.0 Å². The fourth-order valence-electron chi connectivity index (χ4n) is 0.772. The van der Waals surface area contributed by atoms with Crippen molar-refractivity contribution in [1.82, 2.24) is 0 Å². The smallest absolute Gasteiger partial charge is 0.152 e. The minimum absolute atomic E-state index is 0.0328. The minimum Gasteiger partial charge on any atom is -0.395 e. The molecule has 0 spiro atoms. The number of hydrogen-bond acceptors (Lipinski definition) is 2. The molecule has 1 rings (SSSR count). The summed E-state index contributed by atoms with van der Waals surface area (Å²) in [4.78, 5) is 0. The lowest BCUT2D eigenvalue weighted by Gasteiger charge is -2.03. The van der Waals surface area contributed by atoms with Gasteiger partial charge in [-0.15, -0.1) is 0 Å². The molecule has 60 valence electrons. The van der Waals surface area contributed by atoms with Gasteiger partial charge in [-0.2, -0.15) is 0 Å². The van der Waals surface area contributed by atoms with Crippen LogP contribution in [0.3, 0.4) is 0 Å². The molecule has 0 aromatic heterocycles. The SMILES string of the molecule is NCc1ccc(Cl)c(N)c1F. The first-order valence-corrected chi connectivity index (χ1v) is 3.47. The van der Waals surface area contributed by atoms with Gasteiger partial charge in [0.2, 0.25) is 0 Å². The largest absolute Gasteiger partial charge is 0.395 e. The molecule has 0 unspecified atom stereocenters. The van der Waals surface area contributed by atoms with Gasteiger partial charge in [0.1, 0.15) is 0 Å². The van der Waals surface area contributed by atoms with Crippen LogP contribution in [0.2, 0.25) is 5.02 Å². The molecule has 2 nitrogen and oxygen atoms in total. The minimum atomic E-state index is -0.514. The standard InChI is InChI=1S/C7H8ClFN2/c8-5-2-1-4(3-10)6(9)7(5)11/h1-2H,3,10-11H2. The maximum atomic E-state index is 13.0. The molecule has 0 amide bonds. The highest BCUT2D eigenvalue weighted by molar-refractivity contribution is 6.33. The van der Waals surface area contributed by atoms with Crippen LogP contribution in [0.25, 0.3) is 0 Å². The summed E-state index contributed by atoms with van der Waals surface area (Å²) in [6, 6.07) is 3.05. The lowest BCUT2D eigenvalue weighted by Crippen LogP contribution is -2.02. The molecule has 0 aliphatic heterocycles. The zero-order chi connectivity index (χ0) is 8.43. The predicted octanol–water partition coefficient (Wildman–Crippen LogP) is 1.52. The van der Waals surface area contributed by atoms with E-state index in [4.69, 9.17) is 23.1 Å². The Bertz CT molecular complexity index is 275. The molecular weight excluding hydrogens is 167 g/mol. The van der Waals surface area contributed by atoms with Gasteiger partial charge < -0.3 is 11.5 Å². The van der Waals surface area contributed by atoms with Crippen molar-refractivity contribution < 1.29 is 4.39 Å². The molecular formula is C7H8ClFN2. The number of nitrogens with two attached hydrogens (primary N) is 2. The van der Waals surface area contributed by atoms with Crippen LogP contribution in [0.5, 0.6) is 0 Å². The summed E-state index contributed by atoms with van der Waals surface area (Å²) in [5.41, 5.74) is 10.9. The third-order valence-electron chi connectivity index (χ3n) is 1.43. The summed E-state index contributed by atoms with van der Waals surface area (Å²) in [5.74, 6) is -0.514. The highest BCUT2D eigenvalue weighted by Crippen LogP contribution is 2.23. The Morgan fingerprint density at radius 1 is 1.45 bits per heavy atom. The molecule has 0 radical (unpaired) electrons. The molecule has 4 N–H and O–H groups in total. The third kappa shape index (κ3) is 1.44. The Kier molecular flexibility index (Phi) is 2.31. The van der Waals surface area contributed by atoms with Crippen LogP contribution < -0.4 is 11.5 Å². The Labute approximate surface area is 68.9 Å². The molecule has 0 aliphatic rings. The van der Waals surface area contributed by atoms with Crippen molar-refractivity contribution in [1.29, 1.82) is 0 Å². The van der Waals surface area contributed by atoms with Gasteiger partial charge in [0, 0.05) is 12.1 Å². The van der Waals surface area contributed by atoms with E-state index in [1.165, 1.54) is 12.1 Å². The van der Waals surface area contributed by atoms with Crippen molar-refractivity contribution in [2.75, 3.05) is 5.73 Å².